The number of fused-ring (bicyclic) bond motifs is 2. The molecule has 0 unspecified atom stereocenters. The summed E-state index contributed by atoms with van der Waals surface area (Å²) in [6, 6.07) is 6.03. The molecule has 6 nitrogen and oxygen atoms in total. The lowest BCUT2D eigenvalue weighted by Crippen LogP contribution is -2.36. The Kier molecular flexibility index (Phi) is 4.47. The van der Waals surface area contributed by atoms with Crippen LogP contribution in [0.3, 0.4) is 0 Å². The number of hydrogen-bond donors (Lipinski definition) is 2. The fourth-order valence-corrected chi connectivity index (χ4v) is 4.31. The Bertz CT molecular complexity index is 922. The van der Waals surface area contributed by atoms with Gasteiger partial charge in [0.25, 0.3) is 0 Å². The Morgan fingerprint density at radius 2 is 2.00 bits per heavy atom. The minimum absolute atomic E-state index is 0.0598. The molecule has 8 heteroatoms. The van der Waals surface area contributed by atoms with Crippen LogP contribution in [0.5, 0.6) is 0 Å². The first-order chi connectivity index (χ1) is 12.9. The van der Waals surface area contributed by atoms with E-state index in [4.69, 9.17) is 11.6 Å². The molecule has 0 radical (unpaired) electrons. The van der Waals surface area contributed by atoms with E-state index in [-0.39, 0.29) is 24.3 Å². The first-order valence-electron chi connectivity index (χ1n) is 8.62. The summed E-state index contributed by atoms with van der Waals surface area (Å²) in [6.45, 7) is 0.121. The van der Waals surface area contributed by atoms with E-state index in [0.29, 0.717) is 22.8 Å². The van der Waals surface area contributed by atoms with Crippen LogP contribution >= 0.6 is 11.6 Å². The highest BCUT2D eigenvalue weighted by molar-refractivity contribution is 6.31. The molecule has 1 heterocycles. The highest BCUT2D eigenvalue weighted by Crippen LogP contribution is 2.48. The van der Waals surface area contributed by atoms with Gasteiger partial charge in [-0.25, -0.2) is 4.39 Å². The quantitative estimate of drug-likeness (QED) is 0.769. The predicted molar refractivity (Wildman–Crippen MR) is 96.7 cm³/mol. The number of nitrogens with zero attached hydrogens (tertiary/aromatic N) is 2. The maximum atomic E-state index is 13.9. The van der Waals surface area contributed by atoms with Crippen molar-refractivity contribution in [2.24, 2.45) is 23.7 Å². The summed E-state index contributed by atoms with van der Waals surface area (Å²) in [5.41, 5.74) is 0.310. The molecule has 140 valence electrons. The second-order valence-corrected chi connectivity index (χ2v) is 7.33. The topological polar surface area (TPSA) is 84.2 Å². The molecule has 2 N–H and O–H groups in total. The van der Waals surface area contributed by atoms with Crippen molar-refractivity contribution in [2.45, 2.75) is 13.0 Å². The van der Waals surface area contributed by atoms with Crippen LogP contribution in [0.15, 0.2) is 42.6 Å². The highest BCUT2D eigenvalue weighted by atomic mass is 35.5. The van der Waals surface area contributed by atoms with Gasteiger partial charge in [0.2, 0.25) is 5.91 Å². The van der Waals surface area contributed by atoms with Gasteiger partial charge in [-0.1, -0.05) is 29.8 Å². The lowest BCUT2D eigenvalue weighted by atomic mass is 9.82. The van der Waals surface area contributed by atoms with Gasteiger partial charge in [-0.15, -0.1) is 0 Å². The van der Waals surface area contributed by atoms with Gasteiger partial charge < -0.3 is 10.4 Å². The van der Waals surface area contributed by atoms with Gasteiger partial charge in [-0.05, 0) is 30.4 Å². The number of carboxylic acid groups (broad SMARTS) is 1. The second kappa shape index (κ2) is 6.81. The average molecular weight is 390 g/mol. The predicted octanol–water partition coefficient (Wildman–Crippen LogP) is 3.19. The molecule has 1 saturated carbocycles. The normalized spacial score (nSPS) is 25.7. The maximum Gasteiger partial charge on any atom is 0.307 e. The van der Waals surface area contributed by atoms with E-state index in [1.165, 1.54) is 16.8 Å². The van der Waals surface area contributed by atoms with Gasteiger partial charge in [-0.3, -0.25) is 14.3 Å². The van der Waals surface area contributed by atoms with E-state index in [2.05, 4.69) is 10.4 Å². The van der Waals surface area contributed by atoms with E-state index in [1.807, 2.05) is 12.2 Å². The molecule has 4 rings (SSSR count). The summed E-state index contributed by atoms with van der Waals surface area (Å²) in [6.07, 6.45) is 6.11. The van der Waals surface area contributed by atoms with E-state index in [0.717, 1.165) is 0 Å². The standard InChI is InChI=1S/C19H17ClFN3O3/c20-13-2-1-3-14(21)12(13)9-24-7-6-15(23-24)22-18(25)16-10-4-5-11(8-10)17(16)19(26)27/h1-7,10-11,16-17H,8-9H2,(H,26,27)(H,22,23,25)/t10-,11-,16-,17-/m0/s1. The van der Waals surface area contributed by atoms with Crippen LogP contribution in [0.1, 0.15) is 12.0 Å². The highest BCUT2D eigenvalue weighted by Gasteiger charge is 2.51. The minimum atomic E-state index is -0.952. The molecule has 1 amide bonds. The third-order valence-electron chi connectivity index (χ3n) is 5.32. The zero-order valence-electron chi connectivity index (χ0n) is 14.2. The van der Waals surface area contributed by atoms with E-state index >= 15 is 0 Å². The summed E-state index contributed by atoms with van der Waals surface area (Å²) >= 11 is 6.03. The minimum Gasteiger partial charge on any atom is -0.481 e. The summed E-state index contributed by atoms with van der Waals surface area (Å²) < 4.78 is 15.4. The number of carboxylic acids is 1. The van der Waals surface area contributed by atoms with E-state index in [9.17, 15) is 19.1 Å². The molecular weight excluding hydrogens is 373 g/mol. The van der Waals surface area contributed by atoms with E-state index < -0.39 is 23.6 Å². The third-order valence-corrected chi connectivity index (χ3v) is 5.68. The first-order valence-corrected chi connectivity index (χ1v) is 9.00. The molecule has 2 bridgehead atoms. The lowest BCUT2D eigenvalue weighted by Gasteiger charge is -2.23. The molecule has 1 aromatic heterocycles. The van der Waals surface area contributed by atoms with Crippen LogP contribution in [0.25, 0.3) is 0 Å². The molecule has 4 atom stereocenters. The van der Waals surface area contributed by atoms with Crippen molar-refractivity contribution in [3.8, 4) is 0 Å². The van der Waals surface area contributed by atoms with Crippen LogP contribution in [0.4, 0.5) is 10.2 Å². The molecule has 0 spiro atoms. The van der Waals surface area contributed by atoms with Crippen molar-refractivity contribution in [3.63, 3.8) is 0 Å². The van der Waals surface area contributed by atoms with Gasteiger partial charge >= 0.3 is 5.97 Å². The Balaban J connectivity index is 1.47. The first kappa shape index (κ1) is 17.7. The molecule has 2 aromatic rings. The van der Waals surface area contributed by atoms with Gasteiger partial charge in [-0.2, -0.15) is 5.10 Å². The number of aromatic nitrogens is 2. The molecular formula is C19H17ClFN3O3. The number of hydrogen-bond acceptors (Lipinski definition) is 3. The summed E-state index contributed by atoms with van der Waals surface area (Å²) in [5.74, 6) is -2.91. The lowest BCUT2D eigenvalue weighted by molar-refractivity contribution is -0.146. The van der Waals surface area contributed by atoms with Gasteiger partial charge in [0, 0.05) is 22.8 Å². The molecule has 27 heavy (non-hydrogen) atoms. The maximum absolute atomic E-state index is 13.9. The number of halogens is 2. The molecule has 0 aliphatic heterocycles. The Morgan fingerprint density at radius 1 is 1.26 bits per heavy atom. The Hall–Kier alpha value is -2.67. The molecule has 1 aromatic carbocycles. The number of carbonyl (C=O) groups excluding carboxylic acids is 1. The summed E-state index contributed by atoms with van der Waals surface area (Å²) in [5, 5.41) is 16.7. The summed E-state index contributed by atoms with van der Waals surface area (Å²) in [4.78, 5) is 24.2. The molecule has 2 aliphatic rings. The van der Waals surface area contributed by atoms with E-state index in [1.54, 1.807) is 18.3 Å². The van der Waals surface area contributed by atoms with Crippen LogP contribution in [-0.2, 0) is 16.1 Å². The fourth-order valence-electron chi connectivity index (χ4n) is 4.09. The number of benzene rings is 1. The molecule has 1 fully saturated rings. The zero-order valence-corrected chi connectivity index (χ0v) is 14.9. The number of anilines is 1. The smallest absolute Gasteiger partial charge is 0.307 e. The van der Waals surface area contributed by atoms with Crippen LogP contribution in [0, 0.1) is 29.5 Å². The van der Waals surface area contributed by atoms with Crippen molar-refractivity contribution in [1.82, 2.24) is 9.78 Å². The number of rotatable bonds is 5. The van der Waals surface area contributed by atoms with Crippen molar-refractivity contribution in [2.75, 3.05) is 5.32 Å². The zero-order chi connectivity index (χ0) is 19.1. The third kappa shape index (κ3) is 3.23. The van der Waals surface area contributed by atoms with Crippen molar-refractivity contribution >= 4 is 29.3 Å². The monoisotopic (exact) mass is 389 g/mol. The van der Waals surface area contributed by atoms with Crippen molar-refractivity contribution in [1.29, 1.82) is 0 Å². The van der Waals surface area contributed by atoms with Crippen molar-refractivity contribution < 1.29 is 19.1 Å². The Labute approximate surface area is 159 Å². The van der Waals surface area contributed by atoms with Crippen LogP contribution in [0.2, 0.25) is 5.02 Å². The molecule has 2 aliphatic carbocycles. The van der Waals surface area contributed by atoms with Crippen LogP contribution in [-0.4, -0.2) is 26.8 Å². The Morgan fingerprint density at radius 3 is 2.70 bits per heavy atom. The number of allylic oxidation sites excluding steroid dienone is 2. The average Bonchev–Trinajstić information content (AvgIpc) is 3.33. The largest absolute Gasteiger partial charge is 0.481 e. The number of amides is 1. The SMILES string of the molecule is O=C(O)[C@@H]1[C@@H](C(=O)Nc2ccn(Cc3c(F)cccc3Cl)n2)[C@H]2C=C[C@H]1C2. The number of aliphatic carboxylic acids is 1. The summed E-state index contributed by atoms with van der Waals surface area (Å²) in [7, 11) is 0. The van der Waals surface area contributed by atoms with Gasteiger partial charge in [0.05, 0.1) is 18.4 Å². The number of nitrogens with one attached hydrogen (secondary N) is 1. The van der Waals surface area contributed by atoms with Gasteiger partial charge in [0.15, 0.2) is 5.82 Å². The van der Waals surface area contributed by atoms with Crippen LogP contribution < -0.4 is 5.32 Å². The molecule has 0 saturated heterocycles. The van der Waals surface area contributed by atoms with Crippen molar-refractivity contribution in [3.05, 3.63) is 59.0 Å². The second-order valence-electron chi connectivity index (χ2n) is 6.93. The van der Waals surface area contributed by atoms with Gasteiger partial charge in [0.1, 0.15) is 5.82 Å². The fraction of sp³-hybridized carbons (Fsp3) is 0.316. The number of carbonyl (C=O) groups is 2.